The van der Waals surface area contributed by atoms with Gasteiger partial charge in [0.15, 0.2) is 0 Å². The van der Waals surface area contributed by atoms with Crippen molar-refractivity contribution in [2.24, 2.45) is 0 Å². The molecule has 1 heteroatoms. The monoisotopic (exact) mass is 126 g/mol. The molecule has 0 saturated heterocycles. The SMILES string of the molecule is CC1=CCCC(C)(O)C1. The Labute approximate surface area is 56.4 Å². The first-order valence-electron chi connectivity index (χ1n) is 3.48. The van der Waals surface area contributed by atoms with E-state index in [9.17, 15) is 5.11 Å². The summed E-state index contributed by atoms with van der Waals surface area (Å²) in [6.45, 7) is 3.98. The Morgan fingerprint density at radius 1 is 1.67 bits per heavy atom. The molecule has 1 aliphatic rings. The molecule has 0 aromatic rings. The van der Waals surface area contributed by atoms with Gasteiger partial charge < -0.3 is 5.11 Å². The molecular weight excluding hydrogens is 112 g/mol. The van der Waals surface area contributed by atoms with Crippen molar-refractivity contribution in [3.05, 3.63) is 11.6 Å². The third-order valence-corrected chi connectivity index (χ3v) is 1.84. The van der Waals surface area contributed by atoms with Crippen LogP contribution in [0.2, 0.25) is 0 Å². The summed E-state index contributed by atoms with van der Waals surface area (Å²) < 4.78 is 0. The molecule has 0 aliphatic heterocycles. The summed E-state index contributed by atoms with van der Waals surface area (Å²) in [6, 6.07) is 0. The lowest BCUT2D eigenvalue weighted by molar-refractivity contribution is 0.0477. The van der Waals surface area contributed by atoms with Gasteiger partial charge in [-0.3, -0.25) is 0 Å². The first kappa shape index (κ1) is 6.81. The lowest BCUT2D eigenvalue weighted by Gasteiger charge is -2.26. The second kappa shape index (κ2) is 2.14. The molecule has 0 aromatic heterocycles. The second-order valence-electron chi connectivity index (χ2n) is 3.26. The Hall–Kier alpha value is -0.300. The van der Waals surface area contributed by atoms with E-state index in [0.29, 0.717) is 0 Å². The lowest BCUT2D eigenvalue weighted by Crippen LogP contribution is -2.26. The molecule has 1 atom stereocenters. The number of aliphatic hydroxyl groups is 1. The molecule has 0 amide bonds. The molecule has 0 saturated carbocycles. The molecule has 1 N–H and O–H groups in total. The normalized spacial score (nSPS) is 36.1. The van der Waals surface area contributed by atoms with E-state index in [0.717, 1.165) is 19.3 Å². The summed E-state index contributed by atoms with van der Waals surface area (Å²) in [5.41, 5.74) is 0.907. The van der Waals surface area contributed by atoms with Crippen LogP contribution in [0.5, 0.6) is 0 Å². The molecule has 1 aliphatic carbocycles. The van der Waals surface area contributed by atoms with Crippen LogP contribution >= 0.6 is 0 Å². The predicted octanol–water partition coefficient (Wildman–Crippen LogP) is 1.87. The van der Waals surface area contributed by atoms with Crippen LogP contribution in [0.25, 0.3) is 0 Å². The van der Waals surface area contributed by atoms with Gasteiger partial charge in [-0.15, -0.1) is 0 Å². The van der Waals surface area contributed by atoms with Gasteiger partial charge in [0, 0.05) is 0 Å². The third-order valence-electron chi connectivity index (χ3n) is 1.84. The molecule has 9 heavy (non-hydrogen) atoms. The maximum atomic E-state index is 9.50. The van der Waals surface area contributed by atoms with Crippen LogP contribution < -0.4 is 0 Å². The summed E-state index contributed by atoms with van der Waals surface area (Å²) in [5, 5.41) is 9.50. The Morgan fingerprint density at radius 3 is 2.67 bits per heavy atom. The van der Waals surface area contributed by atoms with Crippen molar-refractivity contribution < 1.29 is 5.11 Å². The number of rotatable bonds is 0. The number of hydrogen-bond donors (Lipinski definition) is 1. The summed E-state index contributed by atoms with van der Waals surface area (Å²) in [4.78, 5) is 0. The first-order valence-corrected chi connectivity index (χ1v) is 3.48. The van der Waals surface area contributed by atoms with Crippen LogP contribution in [0.3, 0.4) is 0 Å². The highest BCUT2D eigenvalue weighted by molar-refractivity contribution is 5.07. The van der Waals surface area contributed by atoms with Crippen LogP contribution in [0.1, 0.15) is 33.1 Å². The molecular formula is C8H14O. The topological polar surface area (TPSA) is 20.2 Å². The van der Waals surface area contributed by atoms with Crippen LogP contribution in [-0.4, -0.2) is 10.7 Å². The van der Waals surface area contributed by atoms with Gasteiger partial charge in [-0.1, -0.05) is 11.6 Å². The average Bonchev–Trinajstić information content (AvgIpc) is 1.60. The summed E-state index contributed by atoms with van der Waals surface area (Å²) in [5.74, 6) is 0. The van der Waals surface area contributed by atoms with E-state index in [-0.39, 0.29) is 0 Å². The standard InChI is InChI=1S/C8H14O/c1-7-4-3-5-8(2,9)6-7/h4,9H,3,5-6H2,1-2H3. The Balaban J connectivity index is 2.59. The zero-order valence-corrected chi connectivity index (χ0v) is 6.15. The average molecular weight is 126 g/mol. The Morgan fingerprint density at radius 2 is 2.33 bits per heavy atom. The third kappa shape index (κ3) is 1.83. The summed E-state index contributed by atoms with van der Waals surface area (Å²) in [6.07, 6.45) is 5.02. The van der Waals surface area contributed by atoms with E-state index in [2.05, 4.69) is 13.0 Å². The van der Waals surface area contributed by atoms with E-state index in [1.54, 1.807) is 0 Å². The van der Waals surface area contributed by atoms with E-state index >= 15 is 0 Å². The van der Waals surface area contributed by atoms with Crippen molar-refractivity contribution in [2.75, 3.05) is 0 Å². The Bertz CT molecular complexity index is 134. The van der Waals surface area contributed by atoms with Gasteiger partial charge in [-0.05, 0) is 33.1 Å². The van der Waals surface area contributed by atoms with E-state index < -0.39 is 5.60 Å². The van der Waals surface area contributed by atoms with Gasteiger partial charge in [0.1, 0.15) is 0 Å². The minimum Gasteiger partial charge on any atom is -0.390 e. The Kier molecular flexibility index (Phi) is 1.62. The maximum Gasteiger partial charge on any atom is 0.0659 e. The van der Waals surface area contributed by atoms with Crippen LogP contribution in [0.4, 0.5) is 0 Å². The van der Waals surface area contributed by atoms with Crippen molar-refractivity contribution in [1.82, 2.24) is 0 Å². The van der Waals surface area contributed by atoms with Crippen LogP contribution in [0.15, 0.2) is 11.6 Å². The van der Waals surface area contributed by atoms with Gasteiger partial charge in [0.2, 0.25) is 0 Å². The predicted molar refractivity (Wildman–Crippen MR) is 38.2 cm³/mol. The summed E-state index contributed by atoms with van der Waals surface area (Å²) in [7, 11) is 0. The maximum absolute atomic E-state index is 9.50. The highest BCUT2D eigenvalue weighted by Gasteiger charge is 2.22. The van der Waals surface area contributed by atoms with Gasteiger partial charge in [0.25, 0.3) is 0 Å². The molecule has 1 nitrogen and oxygen atoms in total. The quantitative estimate of drug-likeness (QED) is 0.491. The fourth-order valence-electron chi connectivity index (χ4n) is 1.39. The molecule has 0 fully saturated rings. The molecule has 0 aromatic carbocycles. The van der Waals surface area contributed by atoms with Crippen molar-refractivity contribution in [3.63, 3.8) is 0 Å². The molecule has 0 heterocycles. The fourth-order valence-corrected chi connectivity index (χ4v) is 1.39. The molecule has 52 valence electrons. The molecule has 1 rings (SSSR count). The molecule has 0 spiro atoms. The van der Waals surface area contributed by atoms with Gasteiger partial charge in [-0.2, -0.15) is 0 Å². The second-order valence-corrected chi connectivity index (χ2v) is 3.26. The van der Waals surface area contributed by atoms with Crippen molar-refractivity contribution in [1.29, 1.82) is 0 Å². The zero-order chi connectivity index (χ0) is 6.91. The van der Waals surface area contributed by atoms with E-state index in [1.807, 2.05) is 6.92 Å². The van der Waals surface area contributed by atoms with Crippen molar-refractivity contribution >= 4 is 0 Å². The van der Waals surface area contributed by atoms with E-state index in [1.165, 1.54) is 5.57 Å². The zero-order valence-electron chi connectivity index (χ0n) is 6.15. The van der Waals surface area contributed by atoms with Gasteiger partial charge in [0.05, 0.1) is 5.60 Å². The van der Waals surface area contributed by atoms with Crippen molar-refractivity contribution in [2.45, 2.75) is 38.7 Å². The van der Waals surface area contributed by atoms with Crippen LogP contribution in [-0.2, 0) is 0 Å². The largest absolute Gasteiger partial charge is 0.390 e. The first-order chi connectivity index (χ1) is 4.10. The smallest absolute Gasteiger partial charge is 0.0659 e. The van der Waals surface area contributed by atoms with E-state index in [4.69, 9.17) is 0 Å². The van der Waals surface area contributed by atoms with Gasteiger partial charge >= 0.3 is 0 Å². The number of allylic oxidation sites excluding steroid dienone is 1. The highest BCUT2D eigenvalue weighted by Crippen LogP contribution is 2.26. The lowest BCUT2D eigenvalue weighted by atomic mass is 9.87. The number of hydrogen-bond acceptors (Lipinski definition) is 1. The molecule has 0 radical (unpaired) electrons. The fraction of sp³-hybridized carbons (Fsp3) is 0.750. The molecule has 1 unspecified atom stereocenters. The summed E-state index contributed by atoms with van der Waals surface area (Å²) >= 11 is 0. The highest BCUT2D eigenvalue weighted by atomic mass is 16.3. The minimum absolute atomic E-state index is 0.418. The molecule has 0 bridgehead atoms. The van der Waals surface area contributed by atoms with Crippen LogP contribution in [0, 0.1) is 0 Å². The van der Waals surface area contributed by atoms with Crippen molar-refractivity contribution in [3.8, 4) is 0 Å². The minimum atomic E-state index is -0.418. The van der Waals surface area contributed by atoms with Gasteiger partial charge in [-0.25, -0.2) is 0 Å².